The van der Waals surface area contributed by atoms with Crippen molar-refractivity contribution in [2.45, 2.75) is 31.9 Å². The van der Waals surface area contributed by atoms with Gasteiger partial charge in [0.05, 0.1) is 12.2 Å². The van der Waals surface area contributed by atoms with Crippen molar-refractivity contribution in [2.75, 3.05) is 20.2 Å². The number of β-amino-alcohol motifs (C(OH)–C–C–N with tert-alkyl or cyclic N) is 1. The molecule has 1 saturated heterocycles. The lowest BCUT2D eigenvalue weighted by Crippen LogP contribution is -2.47. The van der Waals surface area contributed by atoms with Crippen molar-refractivity contribution in [3.63, 3.8) is 0 Å². The Morgan fingerprint density at radius 3 is 2.76 bits per heavy atom. The molecule has 0 amide bonds. The number of carbonyl (C=O) groups excluding carboxylic acids is 1. The predicted molar refractivity (Wildman–Crippen MR) is 81.8 cm³/mol. The Morgan fingerprint density at radius 1 is 1.48 bits per heavy atom. The first-order valence-corrected chi connectivity index (χ1v) is 7.29. The van der Waals surface area contributed by atoms with Gasteiger partial charge in [-0.05, 0) is 38.5 Å². The van der Waals surface area contributed by atoms with Gasteiger partial charge in [0, 0.05) is 18.7 Å². The van der Waals surface area contributed by atoms with E-state index in [0.29, 0.717) is 19.6 Å². The number of aliphatic hydroxyl groups is 1. The van der Waals surface area contributed by atoms with E-state index in [1.807, 2.05) is 25.2 Å². The number of hydrogen-bond donors (Lipinski definition) is 1. The van der Waals surface area contributed by atoms with E-state index in [9.17, 15) is 9.90 Å². The number of nitrogens with zero attached hydrogens (tertiary/aromatic N) is 1. The number of esters is 1. The third kappa shape index (κ3) is 3.71. The number of likely N-dealkylation sites (tertiary alicyclic amines) is 1. The Morgan fingerprint density at radius 2 is 2.14 bits per heavy atom. The van der Waals surface area contributed by atoms with Gasteiger partial charge < -0.3 is 9.84 Å². The second kappa shape index (κ2) is 6.41. The summed E-state index contributed by atoms with van der Waals surface area (Å²) < 4.78 is 4.97. The largest absolute Gasteiger partial charge is 0.463 e. The van der Waals surface area contributed by atoms with Crippen LogP contribution >= 0.6 is 0 Å². The fraction of sp³-hybridized carbons (Fsp3) is 0.471. The molecule has 1 heterocycles. The minimum Gasteiger partial charge on any atom is -0.463 e. The lowest BCUT2D eigenvalue weighted by atomic mass is 9.82. The second-order valence-corrected chi connectivity index (χ2v) is 5.74. The molecule has 0 spiro atoms. The molecule has 1 aliphatic heterocycles. The van der Waals surface area contributed by atoms with Crippen LogP contribution in [0, 0.1) is 0 Å². The number of ether oxygens (including phenoxy) is 1. The number of hydrogen-bond acceptors (Lipinski definition) is 4. The van der Waals surface area contributed by atoms with Gasteiger partial charge in [0.1, 0.15) is 0 Å². The summed E-state index contributed by atoms with van der Waals surface area (Å²) in [6, 6.07) is 10.3. The van der Waals surface area contributed by atoms with Crippen LogP contribution in [-0.4, -0.2) is 41.8 Å². The molecular weight excluding hydrogens is 266 g/mol. The van der Waals surface area contributed by atoms with Gasteiger partial charge in [0.25, 0.3) is 0 Å². The standard InChI is InChI=1S/C17H23NO3/c1-4-21-16(19)11-14-10-15(13-8-6-5-7-9-13)18(3)12-17(14,2)20/h5-9,11,15,20H,4,10,12H2,1-3H3/b14-11+/t15-,17-/m1/s1. The minimum atomic E-state index is -1.01. The molecule has 1 fully saturated rings. The van der Waals surface area contributed by atoms with Crippen LogP contribution in [0.25, 0.3) is 0 Å². The van der Waals surface area contributed by atoms with Gasteiger partial charge in [-0.25, -0.2) is 4.79 Å². The van der Waals surface area contributed by atoms with Crippen molar-refractivity contribution >= 4 is 5.97 Å². The van der Waals surface area contributed by atoms with Crippen LogP contribution in [0.3, 0.4) is 0 Å². The molecule has 1 aromatic rings. The Bertz CT molecular complexity index is 522. The van der Waals surface area contributed by atoms with E-state index in [1.165, 1.54) is 11.6 Å². The third-order valence-electron chi connectivity index (χ3n) is 3.96. The summed E-state index contributed by atoms with van der Waals surface area (Å²) in [5.74, 6) is -0.385. The Balaban J connectivity index is 2.26. The van der Waals surface area contributed by atoms with Crippen molar-refractivity contribution < 1.29 is 14.6 Å². The molecule has 4 nitrogen and oxygen atoms in total. The van der Waals surface area contributed by atoms with Crippen LogP contribution in [0.2, 0.25) is 0 Å². The smallest absolute Gasteiger partial charge is 0.330 e. The molecule has 1 N–H and O–H groups in total. The Labute approximate surface area is 126 Å². The monoisotopic (exact) mass is 289 g/mol. The molecule has 0 radical (unpaired) electrons. The number of carbonyl (C=O) groups is 1. The third-order valence-corrected chi connectivity index (χ3v) is 3.96. The zero-order valence-corrected chi connectivity index (χ0v) is 12.9. The normalized spacial score (nSPS) is 28.6. The molecule has 114 valence electrons. The Hall–Kier alpha value is -1.65. The van der Waals surface area contributed by atoms with Gasteiger partial charge in [-0.3, -0.25) is 4.90 Å². The first-order chi connectivity index (χ1) is 9.94. The minimum absolute atomic E-state index is 0.159. The predicted octanol–water partition coefficient (Wildman–Crippen LogP) is 2.30. The van der Waals surface area contributed by atoms with Gasteiger partial charge >= 0.3 is 5.97 Å². The summed E-state index contributed by atoms with van der Waals surface area (Å²) in [6.45, 7) is 4.34. The van der Waals surface area contributed by atoms with Crippen molar-refractivity contribution in [3.8, 4) is 0 Å². The van der Waals surface area contributed by atoms with Crippen molar-refractivity contribution in [2.24, 2.45) is 0 Å². The van der Waals surface area contributed by atoms with Crippen LogP contribution in [-0.2, 0) is 9.53 Å². The molecular formula is C17H23NO3. The summed E-state index contributed by atoms with van der Waals surface area (Å²) >= 11 is 0. The fourth-order valence-corrected chi connectivity index (χ4v) is 2.87. The molecule has 1 aromatic carbocycles. The summed E-state index contributed by atoms with van der Waals surface area (Å²) in [4.78, 5) is 13.8. The maximum absolute atomic E-state index is 11.7. The SMILES string of the molecule is CCOC(=O)/C=C1\C[C@H](c2ccccc2)N(C)C[C@@]1(C)O. The van der Waals surface area contributed by atoms with Crippen LogP contribution in [0.1, 0.15) is 31.9 Å². The van der Waals surface area contributed by atoms with Gasteiger partial charge in [-0.2, -0.15) is 0 Å². The summed E-state index contributed by atoms with van der Waals surface area (Å²) in [5.41, 5.74) is 0.908. The molecule has 0 unspecified atom stereocenters. The fourth-order valence-electron chi connectivity index (χ4n) is 2.87. The molecule has 0 aromatic heterocycles. The van der Waals surface area contributed by atoms with Crippen LogP contribution in [0.5, 0.6) is 0 Å². The first kappa shape index (κ1) is 15.7. The lowest BCUT2D eigenvalue weighted by molar-refractivity contribution is -0.137. The quantitative estimate of drug-likeness (QED) is 0.685. The lowest BCUT2D eigenvalue weighted by Gasteiger charge is -2.42. The topological polar surface area (TPSA) is 49.8 Å². The Kier molecular flexibility index (Phi) is 4.80. The highest BCUT2D eigenvalue weighted by molar-refractivity contribution is 5.83. The van der Waals surface area contributed by atoms with Crippen molar-refractivity contribution in [3.05, 3.63) is 47.5 Å². The van der Waals surface area contributed by atoms with E-state index in [-0.39, 0.29) is 12.0 Å². The molecule has 21 heavy (non-hydrogen) atoms. The van der Waals surface area contributed by atoms with E-state index >= 15 is 0 Å². The molecule has 2 atom stereocenters. The molecule has 4 heteroatoms. The zero-order chi connectivity index (χ0) is 15.5. The molecule has 0 saturated carbocycles. The van der Waals surface area contributed by atoms with Crippen molar-refractivity contribution in [1.82, 2.24) is 4.90 Å². The maximum atomic E-state index is 11.7. The van der Waals surface area contributed by atoms with Gasteiger partial charge in [0.15, 0.2) is 0 Å². The second-order valence-electron chi connectivity index (χ2n) is 5.74. The van der Waals surface area contributed by atoms with E-state index in [4.69, 9.17) is 4.74 Å². The van der Waals surface area contributed by atoms with E-state index in [2.05, 4.69) is 17.0 Å². The number of rotatable bonds is 3. The van der Waals surface area contributed by atoms with Crippen molar-refractivity contribution in [1.29, 1.82) is 0 Å². The van der Waals surface area contributed by atoms with E-state index in [0.717, 1.165) is 5.57 Å². The number of piperidine rings is 1. The van der Waals surface area contributed by atoms with E-state index in [1.54, 1.807) is 13.8 Å². The van der Waals surface area contributed by atoms with Crippen LogP contribution in [0.15, 0.2) is 42.0 Å². The maximum Gasteiger partial charge on any atom is 0.330 e. The van der Waals surface area contributed by atoms with Crippen LogP contribution in [0.4, 0.5) is 0 Å². The number of likely N-dealkylation sites (N-methyl/N-ethyl adjacent to an activating group) is 1. The highest BCUT2D eigenvalue weighted by Gasteiger charge is 2.37. The summed E-state index contributed by atoms with van der Waals surface area (Å²) in [5, 5.41) is 10.6. The first-order valence-electron chi connectivity index (χ1n) is 7.29. The van der Waals surface area contributed by atoms with E-state index < -0.39 is 5.60 Å². The molecule has 2 rings (SSSR count). The average Bonchev–Trinajstić information content (AvgIpc) is 2.42. The highest BCUT2D eigenvalue weighted by atomic mass is 16.5. The molecule has 0 aliphatic carbocycles. The molecule has 0 bridgehead atoms. The summed E-state index contributed by atoms with van der Waals surface area (Å²) in [6.07, 6.45) is 2.07. The average molecular weight is 289 g/mol. The summed E-state index contributed by atoms with van der Waals surface area (Å²) in [7, 11) is 1.99. The molecule has 1 aliphatic rings. The highest BCUT2D eigenvalue weighted by Crippen LogP contribution is 2.37. The number of benzene rings is 1. The van der Waals surface area contributed by atoms with Gasteiger partial charge in [-0.15, -0.1) is 0 Å². The van der Waals surface area contributed by atoms with Crippen LogP contribution < -0.4 is 0 Å². The zero-order valence-electron chi connectivity index (χ0n) is 12.9. The van der Waals surface area contributed by atoms with Gasteiger partial charge in [0.2, 0.25) is 0 Å². The van der Waals surface area contributed by atoms with Gasteiger partial charge in [-0.1, -0.05) is 30.3 Å².